The normalized spacial score (nSPS) is 10.9. The van der Waals surface area contributed by atoms with E-state index in [1.807, 2.05) is 0 Å². The molecule has 0 atom stereocenters. The average Bonchev–Trinajstić information content (AvgIpc) is 3.10. The number of fused-ring (bicyclic) bond motifs is 1. The molecule has 0 fully saturated rings. The molecule has 0 aliphatic carbocycles. The van der Waals surface area contributed by atoms with Gasteiger partial charge in [-0.3, -0.25) is 4.57 Å². The third-order valence-corrected chi connectivity index (χ3v) is 4.62. The van der Waals surface area contributed by atoms with Crippen LogP contribution in [-0.4, -0.2) is 29.8 Å². The van der Waals surface area contributed by atoms with Crippen molar-refractivity contribution in [3.05, 3.63) is 36.0 Å². The van der Waals surface area contributed by atoms with Crippen molar-refractivity contribution < 1.29 is 19.1 Å². The number of carbonyl (C=O) groups excluding carboxylic acids is 2. The van der Waals surface area contributed by atoms with Crippen molar-refractivity contribution in [2.45, 2.75) is 65.2 Å². The minimum Gasteiger partial charge on any atom is -0.462 e. The maximum Gasteiger partial charge on any atom is 0.418 e. The van der Waals surface area contributed by atoms with Gasteiger partial charge in [0, 0.05) is 11.6 Å². The van der Waals surface area contributed by atoms with Gasteiger partial charge in [-0.15, -0.1) is 0 Å². The minimum absolute atomic E-state index is 0.316. The predicted molar refractivity (Wildman–Crippen MR) is 107 cm³/mol. The Balaban J connectivity index is 1.76. The first-order chi connectivity index (χ1) is 13.2. The lowest BCUT2D eigenvalue weighted by Gasteiger charge is -2.06. The van der Waals surface area contributed by atoms with E-state index in [1.54, 1.807) is 37.4 Å². The number of rotatable bonds is 11. The maximum atomic E-state index is 12.2. The first-order valence-corrected chi connectivity index (χ1v) is 10.1. The van der Waals surface area contributed by atoms with Crippen LogP contribution in [0.5, 0.6) is 0 Å². The van der Waals surface area contributed by atoms with Gasteiger partial charge in [0.15, 0.2) is 0 Å². The summed E-state index contributed by atoms with van der Waals surface area (Å²) in [6.07, 6.45) is 10.9. The topological polar surface area (TPSA) is 57.5 Å². The second kappa shape index (κ2) is 11.4. The highest BCUT2D eigenvalue weighted by molar-refractivity contribution is 5.97. The number of hydrogen-bond donors (Lipinski definition) is 0. The van der Waals surface area contributed by atoms with Crippen LogP contribution in [0.2, 0.25) is 0 Å². The molecule has 148 valence electrons. The Hall–Kier alpha value is -2.30. The molecule has 0 amide bonds. The molecular weight excluding hydrogens is 342 g/mol. The lowest BCUT2D eigenvalue weighted by Crippen LogP contribution is -2.12. The third kappa shape index (κ3) is 6.42. The van der Waals surface area contributed by atoms with Gasteiger partial charge in [0.25, 0.3) is 0 Å². The van der Waals surface area contributed by atoms with E-state index >= 15 is 0 Å². The Bertz CT molecular complexity index is 735. The predicted octanol–water partition coefficient (Wildman–Crippen LogP) is 5.94. The molecular formula is C22H31NO4. The quantitative estimate of drug-likeness (QED) is 0.361. The first kappa shape index (κ1) is 21.0. The second-order valence-corrected chi connectivity index (χ2v) is 6.77. The molecule has 5 heteroatoms. The van der Waals surface area contributed by atoms with Crippen molar-refractivity contribution >= 4 is 23.0 Å². The van der Waals surface area contributed by atoms with E-state index in [2.05, 4.69) is 6.92 Å². The molecule has 27 heavy (non-hydrogen) atoms. The van der Waals surface area contributed by atoms with Gasteiger partial charge >= 0.3 is 12.1 Å². The summed E-state index contributed by atoms with van der Waals surface area (Å²) in [7, 11) is 0. The van der Waals surface area contributed by atoms with Gasteiger partial charge < -0.3 is 9.47 Å². The number of hydrogen-bond acceptors (Lipinski definition) is 4. The van der Waals surface area contributed by atoms with Gasteiger partial charge in [-0.05, 0) is 37.6 Å². The van der Waals surface area contributed by atoms with Crippen molar-refractivity contribution in [1.29, 1.82) is 0 Å². The third-order valence-electron chi connectivity index (χ3n) is 4.62. The lowest BCUT2D eigenvalue weighted by atomic mass is 10.1. The largest absolute Gasteiger partial charge is 0.462 e. The van der Waals surface area contributed by atoms with Crippen LogP contribution < -0.4 is 0 Å². The van der Waals surface area contributed by atoms with Crippen molar-refractivity contribution in [1.82, 2.24) is 4.57 Å². The molecule has 0 bridgehead atoms. The molecule has 2 rings (SSSR count). The second-order valence-electron chi connectivity index (χ2n) is 6.77. The zero-order valence-corrected chi connectivity index (χ0v) is 16.5. The highest BCUT2D eigenvalue weighted by Gasteiger charge is 2.13. The molecule has 0 aliphatic heterocycles. The Labute approximate surface area is 161 Å². The fraction of sp³-hybridized carbons (Fsp3) is 0.545. The van der Waals surface area contributed by atoms with E-state index in [9.17, 15) is 9.59 Å². The van der Waals surface area contributed by atoms with Crippen molar-refractivity contribution in [3.63, 3.8) is 0 Å². The number of nitrogens with zero attached hydrogens (tertiary/aromatic N) is 1. The Morgan fingerprint density at radius 1 is 0.889 bits per heavy atom. The molecule has 0 spiro atoms. The molecule has 1 aromatic carbocycles. The zero-order valence-electron chi connectivity index (χ0n) is 16.5. The summed E-state index contributed by atoms with van der Waals surface area (Å²) in [6.45, 7) is 4.77. The van der Waals surface area contributed by atoms with E-state index in [4.69, 9.17) is 9.47 Å². The molecule has 0 aliphatic rings. The summed E-state index contributed by atoms with van der Waals surface area (Å²) < 4.78 is 11.8. The number of ether oxygens (including phenoxy) is 2. The standard InChI is InChI=1S/C22H31NO4/c1-3-5-6-7-8-9-10-11-16-27-21(24)19-12-13-20-18(17-19)14-15-23(20)22(25)26-4-2/h12-15,17H,3-11,16H2,1-2H3. The Morgan fingerprint density at radius 3 is 2.30 bits per heavy atom. The molecule has 1 heterocycles. The van der Waals surface area contributed by atoms with Crippen LogP contribution >= 0.6 is 0 Å². The number of esters is 1. The summed E-state index contributed by atoms with van der Waals surface area (Å²) in [5, 5.41) is 0.810. The van der Waals surface area contributed by atoms with Crippen LogP contribution in [0, 0.1) is 0 Å². The fourth-order valence-electron chi connectivity index (χ4n) is 3.11. The number of unbranched alkanes of at least 4 members (excludes halogenated alkanes) is 7. The summed E-state index contributed by atoms with van der Waals surface area (Å²) in [4.78, 5) is 24.1. The minimum atomic E-state index is -0.419. The molecule has 1 aromatic heterocycles. The SMILES string of the molecule is CCCCCCCCCCOC(=O)c1ccc2c(ccn2C(=O)OCC)c1. The van der Waals surface area contributed by atoms with Gasteiger partial charge in [0.1, 0.15) is 0 Å². The zero-order chi connectivity index (χ0) is 19.5. The molecule has 0 radical (unpaired) electrons. The highest BCUT2D eigenvalue weighted by atomic mass is 16.5. The van der Waals surface area contributed by atoms with Gasteiger partial charge in [-0.2, -0.15) is 0 Å². The average molecular weight is 373 g/mol. The Kier molecular flexibility index (Phi) is 8.89. The molecule has 0 unspecified atom stereocenters. The van der Waals surface area contributed by atoms with Crippen LogP contribution in [0.3, 0.4) is 0 Å². The first-order valence-electron chi connectivity index (χ1n) is 10.1. The smallest absolute Gasteiger partial charge is 0.418 e. The van der Waals surface area contributed by atoms with Crippen molar-refractivity contribution in [3.8, 4) is 0 Å². The van der Waals surface area contributed by atoms with E-state index in [1.165, 1.54) is 43.1 Å². The van der Waals surface area contributed by atoms with Crippen molar-refractivity contribution in [2.24, 2.45) is 0 Å². The van der Waals surface area contributed by atoms with E-state index in [0.29, 0.717) is 24.3 Å². The highest BCUT2D eigenvalue weighted by Crippen LogP contribution is 2.19. The molecule has 0 N–H and O–H groups in total. The summed E-state index contributed by atoms with van der Waals surface area (Å²) in [5.41, 5.74) is 1.22. The monoisotopic (exact) mass is 373 g/mol. The van der Waals surface area contributed by atoms with Gasteiger partial charge in [0.2, 0.25) is 0 Å². The van der Waals surface area contributed by atoms with Crippen LogP contribution in [0.25, 0.3) is 10.9 Å². The number of aromatic nitrogens is 1. The molecule has 0 saturated carbocycles. The van der Waals surface area contributed by atoms with Crippen LogP contribution in [0.1, 0.15) is 75.6 Å². The van der Waals surface area contributed by atoms with Crippen LogP contribution in [-0.2, 0) is 9.47 Å². The summed E-state index contributed by atoms with van der Waals surface area (Å²) >= 11 is 0. The Morgan fingerprint density at radius 2 is 1.59 bits per heavy atom. The van der Waals surface area contributed by atoms with Crippen molar-refractivity contribution in [2.75, 3.05) is 13.2 Å². The van der Waals surface area contributed by atoms with Crippen LogP contribution in [0.15, 0.2) is 30.5 Å². The maximum absolute atomic E-state index is 12.2. The van der Waals surface area contributed by atoms with E-state index in [0.717, 1.165) is 18.2 Å². The fourth-order valence-corrected chi connectivity index (χ4v) is 3.11. The van der Waals surface area contributed by atoms with E-state index < -0.39 is 6.09 Å². The van der Waals surface area contributed by atoms with Gasteiger partial charge in [-0.25, -0.2) is 9.59 Å². The van der Waals surface area contributed by atoms with Gasteiger partial charge in [-0.1, -0.05) is 51.9 Å². The van der Waals surface area contributed by atoms with Crippen LogP contribution in [0.4, 0.5) is 4.79 Å². The summed E-state index contributed by atoms with van der Waals surface area (Å²) in [6, 6.07) is 6.98. The van der Waals surface area contributed by atoms with E-state index in [-0.39, 0.29) is 5.97 Å². The number of benzene rings is 1. The summed E-state index contributed by atoms with van der Waals surface area (Å²) in [5.74, 6) is -0.316. The molecule has 2 aromatic rings. The number of carbonyl (C=O) groups is 2. The lowest BCUT2D eigenvalue weighted by molar-refractivity contribution is 0.0498. The molecule has 5 nitrogen and oxygen atoms in total. The van der Waals surface area contributed by atoms with Gasteiger partial charge in [0.05, 0.1) is 24.3 Å². The molecule has 0 saturated heterocycles.